The first kappa shape index (κ1) is 14.7. The number of esters is 1. The van der Waals surface area contributed by atoms with Crippen LogP contribution in [0.5, 0.6) is 0 Å². The van der Waals surface area contributed by atoms with Crippen molar-refractivity contribution in [2.45, 2.75) is 19.2 Å². The Kier molecular flexibility index (Phi) is 10.5. The van der Waals surface area contributed by atoms with Gasteiger partial charge in [-0.2, -0.15) is 0 Å². The molecule has 0 aliphatic heterocycles. The van der Waals surface area contributed by atoms with E-state index in [2.05, 4.69) is 27.3 Å². The van der Waals surface area contributed by atoms with Crippen LogP contribution in [-0.4, -0.2) is 18.5 Å². The van der Waals surface area contributed by atoms with Crippen molar-refractivity contribution >= 4 is 11.9 Å². The van der Waals surface area contributed by atoms with Crippen LogP contribution in [0.4, 0.5) is 0 Å². The molecule has 0 spiro atoms. The number of ether oxygens (including phenoxy) is 1. The molecule has 0 rings (SSSR count). The largest absolute Gasteiger partial charge is 0.550 e. The summed E-state index contributed by atoms with van der Waals surface area (Å²) in [4.78, 5) is 19.4. The zero-order chi connectivity index (χ0) is 10.9. The van der Waals surface area contributed by atoms with Crippen LogP contribution >= 0.6 is 0 Å². The van der Waals surface area contributed by atoms with Crippen LogP contribution in [0.15, 0.2) is 12.2 Å². The third kappa shape index (κ3) is 18.3. The molecule has 0 aliphatic rings. The zero-order valence-corrected chi connectivity index (χ0v) is 8.50. The fourth-order valence-corrected chi connectivity index (χ4v) is 0.343. The number of carboxylic acid groups (broad SMARTS) is 1. The molecule has 0 aromatic rings. The van der Waals surface area contributed by atoms with E-state index in [1.165, 1.54) is 0 Å². The maximum absolute atomic E-state index is 10.5. The van der Waals surface area contributed by atoms with Crippen molar-refractivity contribution in [3.63, 3.8) is 0 Å². The molecular weight excluding hydrogens is 224 g/mol. The number of carboxylic acids is 1. The standard InChI is InChI=1S/C6H9O2.C2H4O2.Cu/c1-4-8-6(7)5(2)3;1-2(3)4;/h1-2,4H2,3H3;1H3,(H,3,4);/q;;+1/p-1. The Morgan fingerprint density at radius 1 is 1.46 bits per heavy atom. The Bertz CT molecular complexity index is 185. The van der Waals surface area contributed by atoms with Gasteiger partial charge in [0.2, 0.25) is 0 Å². The second-order valence-corrected chi connectivity index (χ2v) is 2.53. The Morgan fingerprint density at radius 3 is 2.08 bits per heavy atom. The van der Waals surface area contributed by atoms with Crippen molar-refractivity contribution in [2.75, 3.05) is 6.61 Å². The number of aliphatic carboxylic acids is 1. The van der Waals surface area contributed by atoms with Gasteiger partial charge in [-0.3, -0.25) is 0 Å². The van der Waals surface area contributed by atoms with Crippen LogP contribution in [-0.2, 0) is 30.3 Å². The fourth-order valence-electron chi connectivity index (χ4n) is 0.247. The first-order valence-corrected chi connectivity index (χ1v) is 4.09. The number of carbonyl (C=O) groups is 2. The topological polar surface area (TPSA) is 66.4 Å². The molecule has 0 aliphatic carbocycles. The number of carbonyl (C=O) groups excluding carboxylic acids is 2. The zero-order valence-electron chi connectivity index (χ0n) is 7.56. The summed E-state index contributed by atoms with van der Waals surface area (Å²) < 4.78 is 4.60. The summed E-state index contributed by atoms with van der Waals surface area (Å²) in [6.45, 7) is 6.27. The van der Waals surface area contributed by atoms with Gasteiger partial charge < -0.3 is 9.90 Å². The number of hydrogen-bond acceptors (Lipinski definition) is 4. The van der Waals surface area contributed by atoms with E-state index >= 15 is 0 Å². The molecule has 0 aromatic carbocycles. The molecule has 0 amide bonds. The molecule has 0 N–H and O–H groups in total. The van der Waals surface area contributed by atoms with Crippen LogP contribution < -0.4 is 5.11 Å². The second kappa shape index (κ2) is 9.29. The Balaban J connectivity index is 0. The van der Waals surface area contributed by atoms with Gasteiger partial charge in [0.1, 0.15) is 0 Å². The van der Waals surface area contributed by atoms with Crippen LogP contribution in [0.1, 0.15) is 13.8 Å². The summed E-state index contributed by atoms with van der Waals surface area (Å²) in [7, 11) is 0. The second-order valence-electron chi connectivity index (χ2n) is 2.06. The van der Waals surface area contributed by atoms with Gasteiger partial charge in [0.05, 0.1) is 0 Å². The van der Waals surface area contributed by atoms with Crippen molar-refractivity contribution in [3.05, 3.63) is 12.2 Å². The smallest absolute Gasteiger partial charge is 0.0383 e. The molecule has 4 nitrogen and oxygen atoms in total. The van der Waals surface area contributed by atoms with Crippen LogP contribution in [0.2, 0.25) is 5.32 Å². The van der Waals surface area contributed by atoms with E-state index in [4.69, 9.17) is 9.90 Å². The summed E-state index contributed by atoms with van der Waals surface area (Å²) in [6, 6.07) is 0. The van der Waals surface area contributed by atoms with Crippen molar-refractivity contribution in [1.82, 2.24) is 0 Å². The van der Waals surface area contributed by atoms with Crippen molar-refractivity contribution in [1.29, 1.82) is 0 Å². The molecule has 13 heavy (non-hydrogen) atoms. The Morgan fingerprint density at radius 2 is 1.85 bits per heavy atom. The van der Waals surface area contributed by atoms with E-state index in [9.17, 15) is 4.79 Å². The predicted octanol–water partition coefficient (Wildman–Crippen LogP) is -0.173. The van der Waals surface area contributed by atoms with Gasteiger partial charge >= 0.3 is 62.5 Å². The van der Waals surface area contributed by atoms with Gasteiger partial charge in [0.25, 0.3) is 0 Å². The first-order chi connectivity index (χ1) is 5.91. The van der Waals surface area contributed by atoms with Crippen molar-refractivity contribution < 1.29 is 35.4 Å². The maximum Gasteiger partial charge on any atom is 0.0383 e. The fraction of sp³-hybridized carbons (Fsp3) is 0.500. The van der Waals surface area contributed by atoms with Gasteiger partial charge in [-0.05, 0) is 6.92 Å². The van der Waals surface area contributed by atoms with Gasteiger partial charge in [-0.15, -0.1) is 0 Å². The molecule has 0 radical (unpaired) electrons. The molecule has 0 bridgehead atoms. The molecule has 0 saturated heterocycles. The molecule has 79 valence electrons. The first-order valence-electron chi connectivity index (χ1n) is 3.42. The maximum atomic E-state index is 10.5. The van der Waals surface area contributed by atoms with Crippen LogP contribution in [0.25, 0.3) is 0 Å². The number of hydrogen-bond donors (Lipinski definition) is 0. The summed E-state index contributed by atoms with van der Waals surface area (Å²) >= 11 is 4.68. The monoisotopic (exact) mass is 235 g/mol. The van der Waals surface area contributed by atoms with E-state index in [1.807, 2.05) is 0 Å². The summed E-state index contributed by atoms with van der Waals surface area (Å²) in [5.41, 5.74) is 0.413. The quantitative estimate of drug-likeness (QED) is 0.387. The van der Waals surface area contributed by atoms with E-state index in [1.54, 1.807) is 6.92 Å². The van der Waals surface area contributed by atoms with Crippen molar-refractivity contribution in [3.8, 4) is 0 Å². The molecule has 0 saturated carbocycles. The van der Waals surface area contributed by atoms with E-state index < -0.39 is 5.97 Å². The normalized spacial score (nSPS) is 8.00. The average molecular weight is 236 g/mol. The minimum Gasteiger partial charge on any atom is -0.550 e. The molecule has 0 fully saturated rings. The van der Waals surface area contributed by atoms with Crippen molar-refractivity contribution in [2.24, 2.45) is 0 Å². The minimum atomic E-state index is -1.08. The van der Waals surface area contributed by atoms with Gasteiger partial charge in [0, 0.05) is 5.97 Å². The van der Waals surface area contributed by atoms with E-state index in [0.29, 0.717) is 17.5 Å². The Labute approximate surface area is 85.8 Å². The summed E-state index contributed by atoms with van der Waals surface area (Å²) in [6.07, 6.45) is 0. The van der Waals surface area contributed by atoms with Crippen LogP contribution in [0.3, 0.4) is 0 Å². The average Bonchev–Trinajstić information content (AvgIpc) is 1.98. The third-order valence-corrected chi connectivity index (χ3v) is 0.835. The Hall–Kier alpha value is -0.801. The molecule has 0 unspecified atom stereocenters. The van der Waals surface area contributed by atoms with Gasteiger partial charge in [-0.25, -0.2) is 0 Å². The van der Waals surface area contributed by atoms with E-state index in [-0.39, 0.29) is 5.97 Å². The SMILES string of the molecule is C=C(C)C(=O)OC[CH2][Cu+].CC(=O)[O-]. The molecule has 5 heteroatoms. The summed E-state index contributed by atoms with van der Waals surface area (Å²) in [5.74, 6) is -1.45. The molecule has 0 aromatic heterocycles. The predicted molar refractivity (Wildman–Crippen MR) is 41.3 cm³/mol. The number of rotatable bonds is 3. The van der Waals surface area contributed by atoms with E-state index in [0.717, 1.165) is 6.92 Å². The third-order valence-electron chi connectivity index (χ3n) is 0.643. The van der Waals surface area contributed by atoms with Gasteiger partial charge in [-0.1, -0.05) is 0 Å². The molecular formula is C8H12CuO4. The minimum absolute atomic E-state index is 0.297. The van der Waals surface area contributed by atoms with Crippen LogP contribution in [0, 0.1) is 0 Å². The summed E-state index contributed by atoms with van der Waals surface area (Å²) in [5, 5.41) is 9.31. The van der Waals surface area contributed by atoms with Gasteiger partial charge in [0.15, 0.2) is 0 Å². The molecule has 0 atom stereocenters. The molecule has 0 heterocycles.